The van der Waals surface area contributed by atoms with Crippen molar-refractivity contribution in [3.8, 4) is 0 Å². The number of likely N-dealkylation sites (N-methyl/N-ethyl adjacent to an activating group) is 1. The monoisotopic (exact) mass is 398 g/mol. The molecule has 1 aromatic carbocycles. The Bertz CT molecular complexity index is 761. The molecule has 1 unspecified atom stereocenters. The number of aliphatic imine (C=N–C) groups is 1. The van der Waals surface area contributed by atoms with Crippen LogP contribution in [0.3, 0.4) is 0 Å². The average molecular weight is 399 g/mol. The number of rotatable bonds is 6. The Hall–Kier alpha value is -2.18. The summed E-state index contributed by atoms with van der Waals surface area (Å²) in [6, 6.07) is 8.82. The number of benzene rings is 1. The highest BCUT2D eigenvalue weighted by molar-refractivity contribution is 5.93. The van der Waals surface area contributed by atoms with Crippen LogP contribution in [0.15, 0.2) is 41.2 Å². The second-order valence-electron chi connectivity index (χ2n) is 8.28. The Morgan fingerprint density at radius 2 is 2.07 bits per heavy atom. The smallest absolute Gasteiger partial charge is 0.271 e. The number of carbonyl (C=O) groups is 1. The third kappa shape index (κ3) is 4.70. The molecule has 6 nitrogen and oxygen atoms in total. The molecule has 0 saturated carbocycles. The van der Waals surface area contributed by atoms with Gasteiger partial charge in [-0.3, -0.25) is 9.79 Å². The van der Waals surface area contributed by atoms with E-state index in [1.165, 1.54) is 11.1 Å². The summed E-state index contributed by atoms with van der Waals surface area (Å²) in [6.45, 7) is 13.0. The minimum atomic E-state index is -0.0126. The molecule has 1 amide bonds. The molecule has 158 valence electrons. The second-order valence-corrected chi connectivity index (χ2v) is 8.28. The van der Waals surface area contributed by atoms with E-state index in [9.17, 15) is 4.79 Å². The van der Waals surface area contributed by atoms with Gasteiger partial charge >= 0.3 is 0 Å². The van der Waals surface area contributed by atoms with Crippen molar-refractivity contribution in [3.63, 3.8) is 0 Å². The summed E-state index contributed by atoms with van der Waals surface area (Å²) in [5.41, 5.74) is 3.09. The predicted octanol–water partition coefficient (Wildman–Crippen LogP) is 2.93. The molecule has 2 saturated heterocycles. The fourth-order valence-corrected chi connectivity index (χ4v) is 4.34. The van der Waals surface area contributed by atoms with Gasteiger partial charge in [0.25, 0.3) is 5.91 Å². The van der Waals surface area contributed by atoms with Crippen molar-refractivity contribution < 1.29 is 9.53 Å². The van der Waals surface area contributed by atoms with Gasteiger partial charge in [-0.05, 0) is 37.1 Å². The maximum Gasteiger partial charge on any atom is 0.271 e. The molecular formula is C23H34N4O2. The molecule has 2 fully saturated rings. The summed E-state index contributed by atoms with van der Waals surface area (Å²) < 4.78 is 5.90. The fourth-order valence-electron chi connectivity index (χ4n) is 4.34. The van der Waals surface area contributed by atoms with Gasteiger partial charge in [-0.1, -0.05) is 38.1 Å². The van der Waals surface area contributed by atoms with E-state index in [4.69, 9.17) is 4.74 Å². The molecule has 0 aliphatic carbocycles. The van der Waals surface area contributed by atoms with Crippen LogP contribution in [0.1, 0.15) is 50.3 Å². The molecule has 1 N–H and O–H groups in total. The van der Waals surface area contributed by atoms with Gasteiger partial charge in [-0.2, -0.15) is 0 Å². The molecule has 6 heteroatoms. The third-order valence-electron chi connectivity index (χ3n) is 6.15. The van der Waals surface area contributed by atoms with Gasteiger partial charge in [0.2, 0.25) is 0 Å². The van der Waals surface area contributed by atoms with E-state index in [1.807, 2.05) is 16.8 Å². The number of carbonyl (C=O) groups excluding carboxylic acids is 1. The van der Waals surface area contributed by atoms with Crippen LogP contribution >= 0.6 is 0 Å². The molecule has 29 heavy (non-hydrogen) atoms. The predicted molar refractivity (Wildman–Crippen MR) is 117 cm³/mol. The molecule has 3 rings (SSSR count). The summed E-state index contributed by atoms with van der Waals surface area (Å²) in [6.07, 6.45) is 2.55. The fraction of sp³-hybridized carbons (Fsp3) is 0.565. The first-order chi connectivity index (χ1) is 13.9. The molecule has 3 atom stereocenters. The largest absolute Gasteiger partial charge is 0.373 e. The number of hydrogen-bond acceptors (Lipinski definition) is 5. The van der Waals surface area contributed by atoms with Gasteiger partial charge in [0, 0.05) is 32.7 Å². The Kier molecular flexibility index (Phi) is 7.09. The molecule has 1 aromatic rings. The number of morpholine rings is 1. The van der Waals surface area contributed by atoms with Crippen LogP contribution in [0.5, 0.6) is 0 Å². The van der Waals surface area contributed by atoms with Gasteiger partial charge in [0.1, 0.15) is 5.70 Å². The van der Waals surface area contributed by atoms with Gasteiger partial charge in [-0.15, -0.1) is 0 Å². The van der Waals surface area contributed by atoms with Gasteiger partial charge in [0.15, 0.2) is 0 Å². The van der Waals surface area contributed by atoms with Crippen molar-refractivity contribution in [3.05, 3.63) is 47.3 Å². The number of nitrogens with one attached hydrogen (secondary N) is 1. The summed E-state index contributed by atoms with van der Waals surface area (Å²) >= 11 is 0. The Morgan fingerprint density at radius 1 is 1.34 bits per heavy atom. The van der Waals surface area contributed by atoms with Crippen LogP contribution < -0.4 is 5.32 Å². The number of amides is 1. The normalized spacial score (nSPS) is 23.5. The number of ether oxygens (including phenoxy) is 1. The minimum absolute atomic E-state index is 0.0126. The Morgan fingerprint density at radius 3 is 2.76 bits per heavy atom. The van der Waals surface area contributed by atoms with Crippen LogP contribution in [-0.4, -0.2) is 67.9 Å². The van der Waals surface area contributed by atoms with Crippen molar-refractivity contribution in [2.45, 2.75) is 51.3 Å². The van der Waals surface area contributed by atoms with Crippen LogP contribution in [0.25, 0.3) is 0 Å². The number of piperidine rings is 1. The van der Waals surface area contributed by atoms with Crippen molar-refractivity contribution in [1.29, 1.82) is 0 Å². The SMILES string of the molecule is C=N/C=C(/C(=O)N1CCC2NCCO[C@@H]2C1)N(C)[C@@H](C)c1ccccc1C(C)C. The zero-order valence-corrected chi connectivity index (χ0v) is 18.1. The van der Waals surface area contributed by atoms with E-state index >= 15 is 0 Å². The van der Waals surface area contributed by atoms with E-state index < -0.39 is 0 Å². The van der Waals surface area contributed by atoms with Gasteiger partial charge < -0.3 is 19.9 Å². The van der Waals surface area contributed by atoms with Gasteiger partial charge in [-0.25, -0.2) is 0 Å². The Balaban J connectivity index is 1.79. The third-order valence-corrected chi connectivity index (χ3v) is 6.15. The Labute approximate surface area is 174 Å². The number of likely N-dealkylation sites (tertiary alicyclic amines) is 1. The maximum absolute atomic E-state index is 13.4. The number of fused-ring (bicyclic) bond motifs is 1. The van der Waals surface area contributed by atoms with Crippen LogP contribution in [0.4, 0.5) is 0 Å². The van der Waals surface area contributed by atoms with Crippen LogP contribution in [0.2, 0.25) is 0 Å². The van der Waals surface area contributed by atoms with Crippen molar-refractivity contribution in [2.24, 2.45) is 4.99 Å². The highest BCUT2D eigenvalue weighted by atomic mass is 16.5. The number of hydrogen-bond donors (Lipinski definition) is 1. The minimum Gasteiger partial charge on any atom is -0.373 e. The molecule has 2 aliphatic rings. The van der Waals surface area contributed by atoms with Gasteiger partial charge in [0.05, 0.1) is 25.0 Å². The first-order valence-corrected chi connectivity index (χ1v) is 10.6. The first kappa shape index (κ1) is 21.5. The lowest BCUT2D eigenvalue weighted by Gasteiger charge is -2.42. The second kappa shape index (κ2) is 9.55. The van der Waals surface area contributed by atoms with Crippen molar-refractivity contribution >= 4 is 12.6 Å². The molecule has 0 bridgehead atoms. The lowest BCUT2D eigenvalue weighted by molar-refractivity contribution is -0.135. The number of nitrogens with zero attached hydrogens (tertiary/aromatic N) is 3. The molecule has 2 heterocycles. The molecule has 0 radical (unpaired) electrons. The topological polar surface area (TPSA) is 57.2 Å². The lowest BCUT2D eigenvalue weighted by atomic mass is 9.92. The van der Waals surface area contributed by atoms with Crippen LogP contribution in [0, 0.1) is 0 Å². The maximum atomic E-state index is 13.4. The summed E-state index contributed by atoms with van der Waals surface area (Å²) in [5, 5.41) is 3.50. The highest BCUT2D eigenvalue weighted by Crippen LogP contribution is 2.30. The summed E-state index contributed by atoms with van der Waals surface area (Å²) in [7, 11) is 1.96. The zero-order chi connectivity index (χ0) is 21.0. The zero-order valence-electron chi connectivity index (χ0n) is 18.1. The van der Waals surface area contributed by atoms with E-state index in [2.05, 4.69) is 62.1 Å². The quantitative estimate of drug-likeness (QED) is 0.591. The molecule has 2 aliphatic heterocycles. The van der Waals surface area contributed by atoms with Crippen LogP contribution in [-0.2, 0) is 9.53 Å². The first-order valence-electron chi connectivity index (χ1n) is 10.6. The molecular weight excluding hydrogens is 364 g/mol. The molecule has 0 aromatic heterocycles. The lowest BCUT2D eigenvalue weighted by Crippen LogP contribution is -2.59. The highest BCUT2D eigenvalue weighted by Gasteiger charge is 2.35. The summed E-state index contributed by atoms with van der Waals surface area (Å²) in [5.74, 6) is 0.402. The van der Waals surface area contributed by atoms with E-state index in [0.717, 1.165) is 19.5 Å². The van der Waals surface area contributed by atoms with E-state index in [1.54, 1.807) is 6.20 Å². The van der Waals surface area contributed by atoms with E-state index in [-0.39, 0.29) is 18.1 Å². The van der Waals surface area contributed by atoms with Crippen molar-refractivity contribution in [1.82, 2.24) is 15.1 Å². The van der Waals surface area contributed by atoms with E-state index in [0.29, 0.717) is 30.8 Å². The summed E-state index contributed by atoms with van der Waals surface area (Å²) in [4.78, 5) is 21.3. The molecule has 0 spiro atoms. The van der Waals surface area contributed by atoms with Crippen molar-refractivity contribution in [2.75, 3.05) is 33.3 Å². The standard InChI is InChI=1S/C23H34N4O2/c1-16(2)18-8-6-7-9-19(18)17(3)26(5)21(14-24-4)23(28)27-12-10-20-22(15-27)29-13-11-25-20/h6-9,14,16-17,20,22,25H,4,10-13,15H2,1-3,5H3/b21-14-/t17-,20?,22+/m0/s1. The average Bonchev–Trinajstić information content (AvgIpc) is 2.75.